The number of benzene rings is 15. The summed E-state index contributed by atoms with van der Waals surface area (Å²) >= 11 is 0. The molecule has 2 saturated heterocycles. The highest BCUT2D eigenvalue weighted by Crippen LogP contribution is 2.55. The topological polar surface area (TPSA) is 9.72 Å². The Kier molecular flexibility index (Phi) is 11.8. The Morgan fingerprint density at radius 2 is 0.611 bits per heavy atom. The molecule has 0 radical (unpaired) electrons. The van der Waals surface area contributed by atoms with Gasteiger partial charge in [0.15, 0.2) is 0 Å². The summed E-state index contributed by atoms with van der Waals surface area (Å²) in [6.07, 6.45) is 6.54. The molecule has 0 aromatic heterocycles. The summed E-state index contributed by atoms with van der Waals surface area (Å²) in [5.74, 6) is 1.65. The third-order valence-electron chi connectivity index (χ3n) is 23.2. The molecule has 4 fully saturated rings. The molecule has 2 aliphatic carbocycles. The Morgan fingerprint density at radius 1 is 0.284 bits per heavy atom. The van der Waals surface area contributed by atoms with Gasteiger partial charge in [0.1, 0.15) is 0 Å². The summed E-state index contributed by atoms with van der Waals surface area (Å²) in [6.45, 7) is 13.9. The van der Waals surface area contributed by atoms with Gasteiger partial charge in [-0.25, -0.2) is 0 Å². The fraction of sp³-hybridized carbons (Fsp3) is 0.187. The lowest BCUT2D eigenvalue weighted by molar-refractivity contribution is 0.0900. The van der Waals surface area contributed by atoms with E-state index in [2.05, 4.69) is 311 Å². The van der Waals surface area contributed by atoms with E-state index in [0.717, 1.165) is 23.2 Å². The lowest BCUT2D eigenvalue weighted by Gasteiger charge is -2.58. The highest BCUT2D eigenvalue weighted by Gasteiger charge is 2.49. The van der Waals surface area contributed by atoms with E-state index < -0.39 is 0 Å². The standard InChI is InChI=1S/C91H74BN3/c1-90(2,3)72-46-66-21-17-62-42-70(43-63-18-22-67(47-72)87(66)85(62)63)60-29-35-79-81(50-60)94(74-31-25-58(26-32-74)56-13-9-7-10-14-56)83-52-78(93-76-38-54-37-55(40-76)41-77(93)39-54)53-84-89(83)92(79)80-36-30-61(51-82(80)95(84)75-33-27-59(28-34-75)57-15-11-8-12-16-57)71-44-64-19-23-68-48-73(91(4,5)6)49-69-24-20-65(45-71)86(64)88(68)69/h7-36,42-55,76-77H,37-41H2,1-6H3. The van der Waals surface area contributed by atoms with Crippen molar-refractivity contribution in [1.82, 2.24) is 0 Å². The van der Waals surface area contributed by atoms with Gasteiger partial charge >= 0.3 is 0 Å². The molecule has 15 aromatic rings. The van der Waals surface area contributed by atoms with Gasteiger partial charge in [0.05, 0.1) is 0 Å². The molecule has 4 heterocycles. The van der Waals surface area contributed by atoms with E-state index in [0.29, 0.717) is 12.1 Å². The third-order valence-corrected chi connectivity index (χ3v) is 23.2. The lowest BCUT2D eigenvalue weighted by Crippen LogP contribution is -2.62. The number of fused-ring (bicyclic) bond motifs is 4. The van der Waals surface area contributed by atoms with Crippen molar-refractivity contribution in [3.05, 3.63) is 266 Å². The normalized spacial score (nSPS) is 18.1. The van der Waals surface area contributed by atoms with Crippen LogP contribution in [0.25, 0.3) is 109 Å². The molecule has 0 amide bonds. The molecule has 2 saturated carbocycles. The first-order chi connectivity index (χ1) is 46.3. The van der Waals surface area contributed by atoms with Gasteiger partial charge in [0.25, 0.3) is 6.71 Å². The summed E-state index contributed by atoms with van der Waals surface area (Å²) in [5.41, 5.74) is 25.3. The van der Waals surface area contributed by atoms with Crippen LogP contribution in [0.5, 0.6) is 0 Å². The second kappa shape index (κ2) is 20.2. The Bertz CT molecular complexity index is 5150. The van der Waals surface area contributed by atoms with Crippen molar-refractivity contribution in [3.8, 4) is 44.5 Å². The monoisotopic (exact) mass is 1220 g/mol. The van der Waals surface area contributed by atoms with Crippen molar-refractivity contribution in [2.24, 2.45) is 11.8 Å². The van der Waals surface area contributed by atoms with Gasteiger partial charge in [-0.2, -0.15) is 0 Å². The van der Waals surface area contributed by atoms with Crippen molar-refractivity contribution >= 4 is 128 Å². The summed E-state index contributed by atoms with van der Waals surface area (Å²) in [7, 11) is 0. The predicted molar refractivity (Wildman–Crippen MR) is 407 cm³/mol. The first-order valence-electron chi connectivity index (χ1n) is 34.9. The Labute approximate surface area is 557 Å². The van der Waals surface area contributed by atoms with Crippen LogP contribution in [0.1, 0.15) is 84.8 Å². The van der Waals surface area contributed by atoms with Crippen LogP contribution in [-0.4, -0.2) is 18.8 Å². The molecule has 0 atom stereocenters. The van der Waals surface area contributed by atoms with E-state index in [4.69, 9.17) is 0 Å². The molecule has 4 aliphatic heterocycles. The van der Waals surface area contributed by atoms with Gasteiger partial charge in [-0.15, -0.1) is 0 Å². The zero-order valence-corrected chi connectivity index (χ0v) is 55.0. The predicted octanol–water partition coefficient (Wildman–Crippen LogP) is 22.6. The first-order valence-corrected chi connectivity index (χ1v) is 34.9. The quantitative estimate of drug-likeness (QED) is 0.116. The third kappa shape index (κ3) is 8.58. The number of rotatable bonds is 7. The highest BCUT2D eigenvalue weighted by atomic mass is 15.2. The van der Waals surface area contributed by atoms with Crippen LogP contribution in [0.15, 0.2) is 255 Å². The molecule has 3 nitrogen and oxygen atoms in total. The molecule has 0 spiro atoms. The molecular weight excluding hydrogens is 1150 g/mol. The van der Waals surface area contributed by atoms with E-state index in [1.54, 1.807) is 0 Å². The van der Waals surface area contributed by atoms with Crippen molar-refractivity contribution in [2.45, 2.75) is 96.6 Å². The molecule has 4 bridgehead atoms. The van der Waals surface area contributed by atoms with Gasteiger partial charge in [-0.05, 0) is 264 Å². The van der Waals surface area contributed by atoms with Gasteiger partial charge in [-0.3, -0.25) is 0 Å². The fourth-order valence-electron chi connectivity index (χ4n) is 18.7. The number of nitrogens with zero attached hydrogens (tertiary/aromatic N) is 3. The molecule has 0 unspecified atom stereocenters. The summed E-state index contributed by atoms with van der Waals surface area (Å²) < 4.78 is 0. The maximum atomic E-state index is 2.93. The maximum Gasteiger partial charge on any atom is 0.252 e. The summed E-state index contributed by atoms with van der Waals surface area (Å²) in [5, 5.41) is 15.8. The molecule has 456 valence electrons. The Balaban J connectivity index is 0.826. The van der Waals surface area contributed by atoms with E-state index >= 15 is 0 Å². The van der Waals surface area contributed by atoms with Crippen LogP contribution >= 0.6 is 0 Å². The molecule has 95 heavy (non-hydrogen) atoms. The summed E-state index contributed by atoms with van der Waals surface area (Å²) in [6, 6.07) is 101. The van der Waals surface area contributed by atoms with Crippen molar-refractivity contribution in [2.75, 3.05) is 14.7 Å². The maximum absolute atomic E-state index is 2.93. The highest BCUT2D eigenvalue weighted by molar-refractivity contribution is 7.00. The van der Waals surface area contributed by atoms with Crippen LogP contribution in [0.4, 0.5) is 39.8 Å². The van der Waals surface area contributed by atoms with Gasteiger partial charge in [0, 0.05) is 51.9 Å². The molecule has 4 heteroatoms. The number of hydrogen-bond acceptors (Lipinski definition) is 3. The van der Waals surface area contributed by atoms with Crippen molar-refractivity contribution < 1.29 is 0 Å². The van der Waals surface area contributed by atoms with E-state index in [1.165, 1.54) is 197 Å². The Morgan fingerprint density at radius 3 is 0.958 bits per heavy atom. The SMILES string of the molecule is CC(C)(C)c1cc2ccc3cc(-c4ccc5c(c4)N(c4ccc(-c6ccccc6)cc4)c4cc(N6C7CC8CC(C7)CC6C8)cc6c4B5c4ccc(-c5cc7ccc8cc(C(C)(C)C)cc9ccc(c5)c7c89)cc4N6c4ccc(-c5ccccc5)cc4)cc4ccc(c1)c2c34. The molecule has 15 aromatic carbocycles. The van der Waals surface area contributed by atoms with E-state index in [9.17, 15) is 0 Å². The molecule has 0 N–H and O–H groups in total. The first kappa shape index (κ1) is 55.3. The molecular formula is C91H74BN3. The van der Waals surface area contributed by atoms with E-state index in [1.807, 2.05) is 0 Å². The van der Waals surface area contributed by atoms with Crippen LogP contribution < -0.4 is 31.1 Å². The van der Waals surface area contributed by atoms with Gasteiger partial charge in [0.2, 0.25) is 0 Å². The van der Waals surface area contributed by atoms with Crippen molar-refractivity contribution in [1.29, 1.82) is 0 Å². The van der Waals surface area contributed by atoms with Gasteiger partial charge in [-0.1, -0.05) is 224 Å². The average Bonchev–Trinajstić information content (AvgIpc) is 0.698. The lowest BCUT2D eigenvalue weighted by atomic mass is 9.33. The zero-order valence-electron chi connectivity index (χ0n) is 55.0. The largest absolute Gasteiger partial charge is 0.365 e. The summed E-state index contributed by atoms with van der Waals surface area (Å²) in [4.78, 5) is 8.28. The van der Waals surface area contributed by atoms with Crippen LogP contribution in [0.2, 0.25) is 0 Å². The van der Waals surface area contributed by atoms with E-state index in [-0.39, 0.29) is 17.5 Å². The Hall–Kier alpha value is -10.2. The smallest absolute Gasteiger partial charge is 0.252 e. The molecule has 21 rings (SSSR count). The average molecular weight is 1220 g/mol. The number of hydrogen-bond donors (Lipinski definition) is 0. The minimum atomic E-state index is -0.0673. The fourth-order valence-corrected chi connectivity index (χ4v) is 18.7. The van der Waals surface area contributed by atoms with Gasteiger partial charge < -0.3 is 14.7 Å². The zero-order chi connectivity index (χ0) is 63.3. The number of anilines is 7. The second-order valence-electron chi connectivity index (χ2n) is 31.0. The van der Waals surface area contributed by atoms with Crippen LogP contribution in [0, 0.1) is 11.8 Å². The number of piperidine rings is 2. The van der Waals surface area contributed by atoms with Crippen molar-refractivity contribution in [3.63, 3.8) is 0 Å². The van der Waals surface area contributed by atoms with Crippen LogP contribution in [-0.2, 0) is 10.8 Å². The minimum absolute atomic E-state index is 0.0553. The van der Waals surface area contributed by atoms with Crippen LogP contribution in [0.3, 0.4) is 0 Å². The minimum Gasteiger partial charge on any atom is -0.365 e. The molecule has 6 aliphatic rings. The second-order valence-corrected chi connectivity index (χ2v) is 31.0.